The third-order valence-corrected chi connectivity index (χ3v) is 3.82. The Morgan fingerprint density at radius 3 is 2.59 bits per heavy atom. The molecule has 5 nitrogen and oxygen atoms in total. The topological polar surface area (TPSA) is 51.0 Å². The smallest absolute Gasteiger partial charge is 0.276 e. The Kier molecular flexibility index (Phi) is 3.96. The summed E-state index contributed by atoms with van der Waals surface area (Å²) in [5.74, 6) is 0.450. The normalized spacial score (nSPS) is 14.4. The highest BCUT2D eigenvalue weighted by molar-refractivity contribution is 5.92. The molecule has 1 saturated carbocycles. The molecule has 116 valence electrons. The molecule has 0 saturated heterocycles. The van der Waals surface area contributed by atoms with Gasteiger partial charge in [-0.1, -0.05) is 36.8 Å². The number of aryl methyl sites for hydroxylation is 1. The number of rotatable bonds is 5. The van der Waals surface area contributed by atoms with Gasteiger partial charge in [0.1, 0.15) is 0 Å². The summed E-state index contributed by atoms with van der Waals surface area (Å²) in [6.45, 7) is 7.08. The zero-order chi connectivity index (χ0) is 15.7. The van der Waals surface area contributed by atoms with Crippen LogP contribution >= 0.6 is 0 Å². The molecule has 1 fully saturated rings. The van der Waals surface area contributed by atoms with Crippen molar-refractivity contribution in [3.63, 3.8) is 0 Å². The van der Waals surface area contributed by atoms with Gasteiger partial charge in [-0.3, -0.25) is 4.79 Å². The van der Waals surface area contributed by atoms with E-state index in [1.807, 2.05) is 36.1 Å². The Morgan fingerprint density at radius 2 is 2.00 bits per heavy atom. The minimum atomic E-state index is -0.00504. The molecular weight excluding hydrogens is 276 g/mol. The number of nitrogens with zero attached hydrogens (tertiary/aromatic N) is 4. The quantitative estimate of drug-likeness (QED) is 0.853. The predicted octanol–water partition coefficient (Wildman–Crippen LogP) is 2.84. The predicted molar refractivity (Wildman–Crippen MR) is 85.0 cm³/mol. The Labute approximate surface area is 130 Å². The number of amides is 1. The number of hydrogen-bond acceptors (Lipinski definition) is 3. The van der Waals surface area contributed by atoms with Crippen LogP contribution in [0.3, 0.4) is 0 Å². The van der Waals surface area contributed by atoms with Crippen molar-refractivity contribution < 1.29 is 4.79 Å². The molecule has 1 heterocycles. The fourth-order valence-electron chi connectivity index (χ4n) is 2.51. The number of carbonyl (C=O) groups excluding carboxylic acids is 1. The van der Waals surface area contributed by atoms with E-state index >= 15 is 0 Å². The number of aromatic nitrogens is 3. The van der Waals surface area contributed by atoms with E-state index < -0.39 is 0 Å². The van der Waals surface area contributed by atoms with Crippen LogP contribution in [0.15, 0.2) is 30.5 Å². The van der Waals surface area contributed by atoms with Crippen LogP contribution in [0.4, 0.5) is 0 Å². The summed E-state index contributed by atoms with van der Waals surface area (Å²) in [6, 6.07) is 8.39. The first-order valence-electron chi connectivity index (χ1n) is 7.85. The Hall–Kier alpha value is -2.17. The number of hydrogen-bond donors (Lipinski definition) is 0. The molecule has 22 heavy (non-hydrogen) atoms. The van der Waals surface area contributed by atoms with Crippen molar-refractivity contribution in [3.8, 4) is 5.69 Å². The van der Waals surface area contributed by atoms with Gasteiger partial charge in [-0.05, 0) is 37.8 Å². The molecule has 0 atom stereocenters. The highest BCUT2D eigenvalue weighted by Crippen LogP contribution is 2.28. The van der Waals surface area contributed by atoms with Crippen LogP contribution in [0.1, 0.15) is 42.7 Å². The lowest BCUT2D eigenvalue weighted by Crippen LogP contribution is -2.36. The van der Waals surface area contributed by atoms with Gasteiger partial charge in [0.15, 0.2) is 5.69 Å². The zero-order valence-corrected chi connectivity index (χ0v) is 13.4. The molecule has 0 unspecified atom stereocenters. The lowest BCUT2D eigenvalue weighted by Gasteiger charge is -2.23. The van der Waals surface area contributed by atoms with Crippen molar-refractivity contribution in [1.82, 2.24) is 19.9 Å². The van der Waals surface area contributed by atoms with Gasteiger partial charge in [0.05, 0.1) is 11.9 Å². The monoisotopic (exact) mass is 298 g/mol. The standard InChI is InChI=1S/C17H22N4O/c1-12(2)10-20(14-8-9-14)17(22)16-11-21(19-18-16)15-6-4-13(3)5-7-15/h4-7,11-12,14H,8-10H2,1-3H3. The highest BCUT2D eigenvalue weighted by Gasteiger charge is 2.34. The van der Waals surface area contributed by atoms with Crippen molar-refractivity contribution >= 4 is 5.91 Å². The van der Waals surface area contributed by atoms with E-state index in [0.29, 0.717) is 17.7 Å². The van der Waals surface area contributed by atoms with Gasteiger partial charge in [-0.15, -0.1) is 5.10 Å². The molecule has 2 aromatic rings. The molecule has 3 rings (SSSR count). The van der Waals surface area contributed by atoms with Crippen LogP contribution in [0, 0.1) is 12.8 Å². The third kappa shape index (κ3) is 3.18. The van der Waals surface area contributed by atoms with Crippen molar-refractivity contribution in [2.24, 2.45) is 5.92 Å². The summed E-state index contributed by atoms with van der Waals surface area (Å²) in [5, 5.41) is 8.17. The van der Waals surface area contributed by atoms with Crippen LogP contribution in [-0.4, -0.2) is 38.4 Å². The Bertz CT molecular complexity index is 656. The van der Waals surface area contributed by atoms with Crippen molar-refractivity contribution in [3.05, 3.63) is 41.7 Å². The Morgan fingerprint density at radius 1 is 1.32 bits per heavy atom. The molecule has 1 amide bonds. The maximum Gasteiger partial charge on any atom is 0.276 e. The maximum absolute atomic E-state index is 12.7. The minimum Gasteiger partial charge on any atom is -0.334 e. The third-order valence-electron chi connectivity index (χ3n) is 3.82. The zero-order valence-electron chi connectivity index (χ0n) is 13.4. The highest BCUT2D eigenvalue weighted by atomic mass is 16.2. The van der Waals surface area contributed by atoms with Crippen LogP contribution < -0.4 is 0 Å². The average Bonchev–Trinajstić information content (AvgIpc) is 3.21. The van der Waals surface area contributed by atoms with Crippen LogP contribution in [-0.2, 0) is 0 Å². The molecule has 0 N–H and O–H groups in total. The summed E-state index contributed by atoms with van der Waals surface area (Å²) in [6.07, 6.45) is 3.93. The number of benzene rings is 1. The van der Waals surface area contributed by atoms with Crippen molar-refractivity contribution in [1.29, 1.82) is 0 Å². The molecule has 5 heteroatoms. The first-order chi connectivity index (χ1) is 10.5. The van der Waals surface area contributed by atoms with Crippen molar-refractivity contribution in [2.45, 2.75) is 39.7 Å². The first kappa shape index (κ1) is 14.8. The molecule has 1 aliphatic carbocycles. The Balaban J connectivity index is 1.80. The van der Waals surface area contributed by atoms with E-state index in [1.54, 1.807) is 10.9 Å². The molecule has 0 radical (unpaired) electrons. The van der Waals surface area contributed by atoms with Gasteiger partial charge >= 0.3 is 0 Å². The average molecular weight is 298 g/mol. The molecule has 1 aliphatic rings. The van der Waals surface area contributed by atoms with E-state index in [2.05, 4.69) is 24.2 Å². The molecule has 0 bridgehead atoms. The fraction of sp³-hybridized carbons (Fsp3) is 0.471. The van der Waals surface area contributed by atoms with E-state index in [0.717, 1.165) is 25.1 Å². The molecule has 0 spiro atoms. The maximum atomic E-state index is 12.7. The second kappa shape index (κ2) is 5.91. The van der Waals surface area contributed by atoms with Crippen LogP contribution in [0.5, 0.6) is 0 Å². The molecule has 1 aromatic carbocycles. The summed E-state index contributed by atoms with van der Waals surface area (Å²) in [7, 11) is 0. The van der Waals surface area contributed by atoms with Gasteiger partial charge in [0.25, 0.3) is 5.91 Å². The SMILES string of the molecule is Cc1ccc(-n2cc(C(=O)N(CC(C)C)C3CC3)nn2)cc1. The molecule has 0 aliphatic heterocycles. The van der Waals surface area contributed by atoms with Gasteiger partial charge in [0, 0.05) is 12.6 Å². The molecule has 1 aromatic heterocycles. The van der Waals surface area contributed by atoms with E-state index in [9.17, 15) is 4.79 Å². The van der Waals surface area contributed by atoms with E-state index in [4.69, 9.17) is 0 Å². The minimum absolute atomic E-state index is 0.00504. The summed E-state index contributed by atoms with van der Waals surface area (Å²) in [4.78, 5) is 14.6. The lowest BCUT2D eigenvalue weighted by atomic mass is 10.2. The summed E-state index contributed by atoms with van der Waals surface area (Å²) < 4.78 is 1.66. The molecular formula is C17H22N4O. The summed E-state index contributed by atoms with van der Waals surface area (Å²) in [5.41, 5.74) is 2.53. The fourth-order valence-corrected chi connectivity index (χ4v) is 2.51. The first-order valence-corrected chi connectivity index (χ1v) is 7.85. The van der Waals surface area contributed by atoms with E-state index in [1.165, 1.54) is 5.56 Å². The number of carbonyl (C=O) groups is 1. The van der Waals surface area contributed by atoms with Crippen LogP contribution in [0.2, 0.25) is 0 Å². The largest absolute Gasteiger partial charge is 0.334 e. The second-order valence-electron chi connectivity index (χ2n) is 6.47. The van der Waals surface area contributed by atoms with Gasteiger partial charge in [-0.2, -0.15) is 0 Å². The lowest BCUT2D eigenvalue weighted by molar-refractivity contribution is 0.0716. The summed E-state index contributed by atoms with van der Waals surface area (Å²) >= 11 is 0. The van der Waals surface area contributed by atoms with Crippen LogP contribution in [0.25, 0.3) is 5.69 Å². The van der Waals surface area contributed by atoms with Gasteiger partial charge in [-0.25, -0.2) is 4.68 Å². The van der Waals surface area contributed by atoms with E-state index in [-0.39, 0.29) is 5.91 Å². The van der Waals surface area contributed by atoms with Crippen molar-refractivity contribution in [2.75, 3.05) is 6.54 Å². The van der Waals surface area contributed by atoms with Gasteiger partial charge in [0.2, 0.25) is 0 Å². The second-order valence-corrected chi connectivity index (χ2v) is 6.47. The van der Waals surface area contributed by atoms with Gasteiger partial charge < -0.3 is 4.90 Å².